The Balaban J connectivity index is 2.06. The number of hydrogen-bond donors (Lipinski definition) is 2. The minimum absolute atomic E-state index is 0.0201. The highest BCUT2D eigenvalue weighted by atomic mass is 16.3. The molecule has 1 heterocycles. The van der Waals surface area contributed by atoms with Crippen molar-refractivity contribution in [1.29, 1.82) is 0 Å². The van der Waals surface area contributed by atoms with Crippen molar-refractivity contribution in [2.45, 2.75) is 32.3 Å². The van der Waals surface area contributed by atoms with Crippen LogP contribution in [0.4, 0.5) is 5.69 Å². The molecule has 1 amide bonds. The minimum atomic E-state index is -0.674. The number of nitrogens with two attached hydrogens (primary N) is 1. The van der Waals surface area contributed by atoms with E-state index in [0.29, 0.717) is 24.3 Å². The fourth-order valence-electron chi connectivity index (χ4n) is 2.53. The predicted octanol–water partition coefficient (Wildman–Crippen LogP) is 1.56. The lowest BCUT2D eigenvalue weighted by atomic mass is 9.88. The molecule has 0 bridgehead atoms. The van der Waals surface area contributed by atoms with E-state index in [-0.39, 0.29) is 5.91 Å². The molecule has 0 radical (unpaired) electrons. The Bertz CT molecular complexity index is 465. The first-order valence-corrected chi connectivity index (χ1v) is 6.33. The van der Waals surface area contributed by atoms with Gasteiger partial charge in [0.05, 0.1) is 18.7 Å². The molecule has 1 aromatic carbocycles. The maximum atomic E-state index is 12.2. The Morgan fingerprint density at radius 2 is 2.17 bits per heavy atom. The Labute approximate surface area is 107 Å². The van der Waals surface area contributed by atoms with Gasteiger partial charge in [0.2, 0.25) is 0 Å². The molecule has 4 nitrogen and oxygen atoms in total. The molecule has 0 unspecified atom stereocenters. The summed E-state index contributed by atoms with van der Waals surface area (Å²) in [4.78, 5) is 13.9. The molecule has 0 aromatic heterocycles. The number of carbonyl (C=O) groups excluding carboxylic acids is 1. The molecule has 98 valence electrons. The second kappa shape index (κ2) is 4.61. The minimum Gasteiger partial charge on any atom is -0.399 e. The molecule has 0 saturated carbocycles. The Morgan fingerprint density at radius 1 is 1.50 bits per heavy atom. The number of nitrogen functional groups attached to an aromatic ring is 1. The summed E-state index contributed by atoms with van der Waals surface area (Å²) in [6.07, 6.45) is 1.68. The SMILES string of the molecule is CCCC1(O)CN(C(=O)c2ccc(N)cc2C)C1. The molecule has 4 heteroatoms. The zero-order valence-corrected chi connectivity index (χ0v) is 10.9. The van der Waals surface area contributed by atoms with Crippen molar-refractivity contribution >= 4 is 11.6 Å². The lowest BCUT2D eigenvalue weighted by Crippen LogP contribution is -2.63. The summed E-state index contributed by atoms with van der Waals surface area (Å²) in [7, 11) is 0. The van der Waals surface area contributed by atoms with Gasteiger partial charge in [-0.15, -0.1) is 0 Å². The van der Waals surface area contributed by atoms with Gasteiger partial charge >= 0.3 is 0 Å². The molecule has 2 rings (SSSR count). The summed E-state index contributed by atoms with van der Waals surface area (Å²) < 4.78 is 0. The van der Waals surface area contributed by atoms with Crippen LogP contribution in [0.1, 0.15) is 35.7 Å². The van der Waals surface area contributed by atoms with E-state index in [1.165, 1.54) is 0 Å². The fraction of sp³-hybridized carbons (Fsp3) is 0.500. The van der Waals surface area contributed by atoms with Gasteiger partial charge in [0.15, 0.2) is 0 Å². The van der Waals surface area contributed by atoms with Crippen LogP contribution >= 0.6 is 0 Å². The van der Waals surface area contributed by atoms with Crippen LogP contribution in [0.25, 0.3) is 0 Å². The average molecular weight is 248 g/mol. The molecule has 1 aliphatic heterocycles. The van der Waals surface area contributed by atoms with Crippen molar-refractivity contribution in [1.82, 2.24) is 4.90 Å². The summed E-state index contributed by atoms with van der Waals surface area (Å²) in [5.74, 6) is -0.0201. The van der Waals surface area contributed by atoms with Crippen molar-refractivity contribution in [3.8, 4) is 0 Å². The number of aliphatic hydroxyl groups is 1. The highest BCUT2D eigenvalue weighted by Gasteiger charge is 2.42. The summed E-state index contributed by atoms with van der Waals surface area (Å²) in [5, 5.41) is 10.1. The second-order valence-corrected chi connectivity index (χ2v) is 5.21. The van der Waals surface area contributed by atoms with Crippen LogP contribution in [0.2, 0.25) is 0 Å². The van der Waals surface area contributed by atoms with E-state index in [9.17, 15) is 9.90 Å². The molecule has 0 spiro atoms. The number of aryl methyl sites for hydroxylation is 1. The Morgan fingerprint density at radius 3 is 2.72 bits per heavy atom. The quantitative estimate of drug-likeness (QED) is 0.798. The van der Waals surface area contributed by atoms with E-state index in [1.807, 2.05) is 13.8 Å². The topological polar surface area (TPSA) is 66.6 Å². The number of carbonyl (C=O) groups is 1. The van der Waals surface area contributed by atoms with E-state index in [1.54, 1.807) is 23.1 Å². The van der Waals surface area contributed by atoms with Crippen molar-refractivity contribution < 1.29 is 9.90 Å². The maximum absolute atomic E-state index is 12.2. The number of amides is 1. The van der Waals surface area contributed by atoms with Crippen molar-refractivity contribution in [2.24, 2.45) is 0 Å². The number of benzene rings is 1. The van der Waals surface area contributed by atoms with Crippen LogP contribution in [0.5, 0.6) is 0 Å². The van der Waals surface area contributed by atoms with Gasteiger partial charge < -0.3 is 15.7 Å². The summed E-state index contributed by atoms with van der Waals surface area (Å²) in [5.41, 5.74) is 7.21. The van der Waals surface area contributed by atoms with E-state index < -0.39 is 5.60 Å². The van der Waals surface area contributed by atoms with Gasteiger partial charge in [0, 0.05) is 11.3 Å². The first kappa shape index (κ1) is 12.9. The van der Waals surface area contributed by atoms with Crippen molar-refractivity contribution in [3.63, 3.8) is 0 Å². The average Bonchev–Trinajstić information content (AvgIpc) is 2.25. The molecule has 1 aromatic rings. The van der Waals surface area contributed by atoms with Crippen LogP contribution < -0.4 is 5.73 Å². The lowest BCUT2D eigenvalue weighted by Gasteiger charge is -2.46. The number of nitrogens with zero attached hydrogens (tertiary/aromatic N) is 1. The van der Waals surface area contributed by atoms with E-state index in [0.717, 1.165) is 18.4 Å². The highest BCUT2D eigenvalue weighted by molar-refractivity contribution is 5.96. The Kier molecular flexibility index (Phi) is 3.30. The first-order valence-electron chi connectivity index (χ1n) is 6.33. The smallest absolute Gasteiger partial charge is 0.254 e. The van der Waals surface area contributed by atoms with Gasteiger partial charge in [-0.3, -0.25) is 4.79 Å². The zero-order valence-electron chi connectivity index (χ0n) is 10.9. The molecule has 1 fully saturated rings. The monoisotopic (exact) mass is 248 g/mol. The summed E-state index contributed by atoms with van der Waals surface area (Å²) in [6, 6.07) is 5.29. The number of likely N-dealkylation sites (tertiary alicyclic amines) is 1. The maximum Gasteiger partial charge on any atom is 0.254 e. The van der Waals surface area contributed by atoms with E-state index in [4.69, 9.17) is 5.73 Å². The van der Waals surface area contributed by atoms with Crippen molar-refractivity contribution in [2.75, 3.05) is 18.8 Å². The highest BCUT2D eigenvalue weighted by Crippen LogP contribution is 2.28. The van der Waals surface area contributed by atoms with Gasteiger partial charge in [-0.05, 0) is 37.1 Å². The Hall–Kier alpha value is -1.55. The first-order chi connectivity index (χ1) is 8.45. The normalized spacial score (nSPS) is 17.4. The number of hydrogen-bond acceptors (Lipinski definition) is 3. The molecular weight excluding hydrogens is 228 g/mol. The lowest BCUT2D eigenvalue weighted by molar-refractivity contribution is -0.0860. The van der Waals surface area contributed by atoms with Gasteiger partial charge in [-0.1, -0.05) is 13.3 Å². The molecular formula is C14H20N2O2. The molecule has 3 N–H and O–H groups in total. The summed E-state index contributed by atoms with van der Waals surface area (Å²) in [6.45, 7) is 4.78. The molecule has 1 aliphatic rings. The van der Waals surface area contributed by atoms with Crippen molar-refractivity contribution in [3.05, 3.63) is 29.3 Å². The molecule has 1 saturated heterocycles. The van der Waals surface area contributed by atoms with Crippen LogP contribution in [-0.4, -0.2) is 34.6 Å². The van der Waals surface area contributed by atoms with Crippen LogP contribution in [-0.2, 0) is 0 Å². The van der Waals surface area contributed by atoms with Gasteiger partial charge in [-0.2, -0.15) is 0 Å². The zero-order chi connectivity index (χ0) is 13.3. The largest absolute Gasteiger partial charge is 0.399 e. The molecule has 18 heavy (non-hydrogen) atoms. The summed E-state index contributed by atoms with van der Waals surface area (Å²) >= 11 is 0. The third-order valence-corrected chi connectivity index (χ3v) is 3.45. The predicted molar refractivity (Wildman–Crippen MR) is 71.4 cm³/mol. The number of β-amino-alcohol motifs (C(OH)–C–C–N with tert-alkyl or cyclic N) is 1. The van der Waals surface area contributed by atoms with Crippen LogP contribution in [0, 0.1) is 6.92 Å². The number of anilines is 1. The standard InChI is InChI=1S/C14H20N2O2/c1-3-6-14(18)8-16(9-14)13(17)12-5-4-11(15)7-10(12)2/h4-5,7,18H,3,6,8-9,15H2,1-2H3. The van der Waals surface area contributed by atoms with E-state index in [2.05, 4.69) is 0 Å². The van der Waals surface area contributed by atoms with Crippen LogP contribution in [0.3, 0.4) is 0 Å². The molecule has 0 atom stereocenters. The van der Waals surface area contributed by atoms with Gasteiger partial charge in [0.1, 0.15) is 0 Å². The van der Waals surface area contributed by atoms with E-state index >= 15 is 0 Å². The van der Waals surface area contributed by atoms with Gasteiger partial charge in [0.25, 0.3) is 5.91 Å². The third-order valence-electron chi connectivity index (χ3n) is 3.45. The van der Waals surface area contributed by atoms with Crippen LogP contribution in [0.15, 0.2) is 18.2 Å². The fourth-order valence-corrected chi connectivity index (χ4v) is 2.53. The molecule has 0 aliphatic carbocycles. The second-order valence-electron chi connectivity index (χ2n) is 5.21. The van der Waals surface area contributed by atoms with Gasteiger partial charge in [-0.25, -0.2) is 0 Å². The number of rotatable bonds is 3. The third kappa shape index (κ3) is 2.34.